The lowest BCUT2D eigenvalue weighted by molar-refractivity contribution is -0.185. The zero-order valence-electron chi connectivity index (χ0n) is 13.3. The Balaban J connectivity index is 2.60. The Labute approximate surface area is 117 Å². The molecule has 3 atom stereocenters. The molecule has 4 nitrogen and oxygen atoms in total. The van der Waals surface area contributed by atoms with E-state index in [0.29, 0.717) is 6.61 Å². The minimum atomic E-state index is -1.82. The molecule has 5 heteroatoms. The predicted molar refractivity (Wildman–Crippen MR) is 77.6 cm³/mol. The maximum absolute atomic E-state index is 11.1. The molecule has 0 spiro atoms. The standard InChI is InChI=1S/C14H28O4Si/c1-10-12(17-13(10)15)8-11(9-16-5)18-19(6,7)14(2,3)4/h10-12H,8-9H2,1-7H3/t10-,11+,12+/m0/s1. The van der Waals surface area contributed by atoms with Crippen molar-refractivity contribution >= 4 is 14.3 Å². The molecular weight excluding hydrogens is 260 g/mol. The summed E-state index contributed by atoms with van der Waals surface area (Å²) in [6, 6.07) is 0. The van der Waals surface area contributed by atoms with Gasteiger partial charge >= 0.3 is 5.97 Å². The van der Waals surface area contributed by atoms with Crippen LogP contribution < -0.4 is 0 Å². The first kappa shape index (κ1) is 16.7. The van der Waals surface area contributed by atoms with Crippen LogP contribution in [0.2, 0.25) is 18.1 Å². The van der Waals surface area contributed by atoms with E-state index in [1.54, 1.807) is 7.11 Å². The molecule has 0 radical (unpaired) electrons. The highest BCUT2D eigenvalue weighted by atomic mass is 28.4. The van der Waals surface area contributed by atoms with E-state index in [0.717, 1.165) is 6.42 Å². The van der Waals surface area contributed by atoms with E-state index in [-0.39, 0.29) is 29.1 Å². The SMILES string of the molecule is COC[C@@H](C[C@H]1OC(=O)[C@H]1C)O[Si](C)(C)C(C)(C)C. The Kier molecular flexibility index (Phi) is 5.20. The summed E-state index contributed by atoms with van der Waals surface area (Å²) < 4.78 is 16.8. The van der Waals surface area contributed by atoms with Gasteiger partial charge in [0.05, 0.1) is 18.6 Å². The van der Waals surface area contributed by atoms with E-state index in [1.807, 2.05) is 6.92 Å². The summed E-state index contributed by atoms with van der Waals surface area (Å²) in [6.07, 6.45) is 0.719. The minimum absolute atomic E-state index is 0.00596. The summed E-state index contributed by atoms with van der Waals surface area (Å²) in [4.78, 5) is 11.1. The smallest absolute Gasteiger partial charge is 0.312 e. The molecular formula is C14H28O4Si. The molecule has 1 heterocycles. The molecule has 1 rings (SSSR count). The molecule has 0 aromatic carbocycles. The van der Waals surface area contributed by atoms with Crippen molar-refractivity contribution < 1.29 is 18.7 Å². The van der Waals surface area contributed by atoms with E-state index in [2.05, 4.69) is 33.9 Å². The molecule has 0 saturated carbocycles. The number of methoxy groups -OCH3 is 1. The van der Waals surface area contributed by atoms with Crippen molar-refractivity contribution in [2.75, 3.05) is 13.7 Å². The van der Waals surface area contributed by atoms with Gasteiger partial charge in [0, 0.05) is 13.5 Å². The predicted octanol–water partition coefficient (Wildman–Crippen LogP) is 2.97. The lowest BCUT2D eigenvalue weighted by atomic mass is 9.94. The number of hydrogen-bond acceptors (Lipinski definition) is 4. The van der Waals surface area contributed by atoms with Crippen LogP contribution in [0.4, 0.5) is 0 Å². The van der Waals surface area contributed by atoms with Gasteiger partial charge in [0.2, 0.25) is 0 Å². The fraction of sp³-hybridized carbons (Fsp3) is 0.929. The first-order chi connectivity index (χ1) is 8.58. The van der Waals surface area contributed by atoms with Gasteiger partial charge in [-0.3, -0.25) is 4.79 Å². The number of rotatable bonds is 6. The van der Waals surface area contributed by atoms with Crippen molar-refractivity contribution in [2.24, 2.45) is 5.92 Å². The Morgan fingerprint density at radius 2 is 1.95 bits per heavy atom. The van der Waals surface area contributed by atoms with E-state index >= 15 is 0 Å². The zero-order chi connectivity index (χ0) is 14.8. The Morgan fingerprint density at radius 1 is 1.37 bits per heavy atom. The normalized spacial score (nSPS) is 25.7. The van der Waals surface area contributed by atoms with Crippen molar-refractivity contribution in [2.45, 2.75) is 64.5 Å². The van der Waals surface area contributed by atoms with E-state index in [1.165, 1.54) is 0 Å². The number of carbonyl (C=O) groups excluding carboxylic acids is 1. The van der Waals surface area contributed by atoms with Crippen molar-refractivity contribution in [1.29, 1.82) is 0 Å². The highest BCUT2D eigenvalue weighted by Crippen LogP contribution is 2.38. The van der Waals surface area contributed by atoms with Gasteiger partial charge < -0.3 is 13.9 Å². The molecule has 1 aliphatic heterocycles. The molecule has 0 amide bonds. The molecule has 0 aromatic rings. The Morgan fingerprint density at radius 3 is 2.32 bits per heavy atom. The van der Waals surface area contributed by atoms with Crippen LogP contribution in [0.5, 0.6) is 0 Å². The van der Waals surface area contributed by atoms with Crippen LogP contribution in [0.15, 0.2) is 0 Å². The van der Waals surface area contributed by atoms with Crippen molar-refractivity contribution in [3.05, 3.63) is 0 Å². The lowest BCUT2D eigenvalue weighted by Crippen LogP contribution is -2.50. The first-order valence-corrected chi connectivity index (χ1v) is 9.86. The molecule has 1 aliphatic rings. The van der Waals surface area contributed by atoms with Gasteiger partial charge in [0.25, 0.3) is 0 Å². The van der Waals surface area contributed by atoms with E-state index < -0.39 is 8.32 Å². The number of cyclic esters (lactones) is 1. The molecule has 0 N–H and O–H groups in total. The van der Waals surface area contributed by atoms with Crippen LogP contribution in [0.3, 0.4) is 0 Å². The number of carbonyl (C=O) groups is 1. The average molecular weight is 288 g/mol. The van der Waals surface area contributed by atoms with Gasteiger partial charge in [-0.2, -0.15) is 0 Å². The second-order valence-corrected chi connectivity index (χ2v) is 11.7. The molecule has 0 unspecified atom stereocenters. The van der Waals surface area contributed by atoms with Gasteiger partial charge in [-0.1, -0.05) is 20.8 Å². The fourth-order valence-corrected chi connectivity index (χ4v) is 3.23. The molecule has 1 saturated heterocycles. The summed E-state index contributed by atoms with van der Waals surface area (Å²) in [5.74, 6) is -0.115. The number of esters is 1. The summed E-state index contributed by atoms with van der Waals surface area (Å²) in [7, 11) is -0.141. The molecule has 0 bridgehead atoms. The third-order valence-corrected chi connectivity index (χ3v) is 8.85. The van der Waals surface area contributed by atoms with Crippen LogP contribution in [-0.4, -0.2) is 40.2 Å². The van der Waals surface area contributed by atoms with Crippen LogP contribution in [0.25, 0.3) is 0 Å². The second-order valence-electron chi connectivity index (χ2n) is 6.96. The van der Waals surface area contributed by atoms with Gasteiger partial charge in [-0.05, 0) is 25.1 Å². The van der Waals surface area contributed by atoms with Gasteiger partial charge in [-0.15, -0.1) is 0 Å². The number of hydrogen-bond donors (Lipinski definition) is 0. The Bertz CT molecular complexity index is 322. The topological polar surface area (TPSA) is 44.8 Å². The largest absolute Gasteiger partial charge is 0.461 e. The molecule has 112 valence electrons. The quantitative estimate of drug-likeness (QED) is 0.557. The highest BCUT2D eigenvalue weighted by molar-refractivity contribution is 6.74. The molecule has 1 fully saturated rings. The fourth-order valence-electron chi connectivity index (χ4n) is 1.88. The van der Waals surface area contributed by atoms with Gasteiger partial charge in [-0.25, -0.2) is 0 Å². The maximum atomic E-state index is 11.1. The second kappa shape index (κ2) is 5.93. The van der Waals surface area contributed by atoms with Gasteiger partial charge in [0.15, 0.2) is 8.32 Å². The summed E-state index contributed by atoms with van der Waals surface area (Å²) in [5.41, 5.74) is 0. The monoisotopic (exact) mass is 288 g/mol. The van der Waals surface area contributed by atoms with Crippen molar-refractivity contribution in [1.82, 2.24) is 0 Å². The van der Waals surface area contributed by atoms with Gasteiger partial charge in [0.1, 0.15) is 6.10 Å². The number of ether oxygens (including phenoxy) is 2. The van der Waals surface area contributed by atoms with E-state index in [9.17, 15) is 4.79 Å². The molecule has 0 aromatic heterocycles. The first-order valence-electron chi connectivity index (χ1n) is 6.95. The molecule has 19 heavy (non-hydrogen) atoms. The maximum Gasteiger partial charge on any atom is 0.312 e. The van der Waals surface area contributed by atoms with Crippen molar-refractivity contribution in [3.63, 3.8) is 0 Å². The van der Waals surface area contributed by atoms with E-state index in [4.69, 9.17) is 13.9 Å². The molecule has 0 aliphatic carbocycles. The summed E-state index contributed by atoms with van der Waals surface area (Å²) in [6.45, 7) is 13.6. The average Bonchev–Trinajstić information content (AvgIpc) is 2.26. The third-order valence-electron chi connectivity index (χ3n) is 4.31. The summed E-state index contributed by atoms with van der Waals surface area (Å²) in [5, 5.41) is 0.168. The van der Waals surface area contributed by atoms with Crippen LogP contribution in [0.1, 0.15) is 34.1 Å². The van der Waals surface area contributed by atoms with Crippen LogP contribution in [-0.2, 0) is 18.7 Å². The minimum Gasteiger partial charge on any atom is -0.461 e. The van der Waals surface area contributed by atoms with Crippen molar-refractivity contribution in [3.8, 4) is 0 Å². The Hall–Kier alpha value is -0.393. The highest BCUT2D eigenvalue weighted by Gasteiger charge is 2.43. The zero-order valence-corrected chi connectivity index (χ0v) is 14.3. The van der Waals surface area contributed by atoms with Crippen LogP contribution in [0, 0.1) is 5.92 Å². The lowest BCUT2D eigenvalue weighted by Gasteiger charge is -2.41. The summed E-state index contributed by atoms with van der Waals surface area (Å²) >= 11 is 0. The van der Waals surface area contributed by atoms with Crippen LogP contribution >= 0.6 is 0 Å². The third kappa shape index (κ3) is 4.03.